The third kappa shape index (κ3) is 3.07. The molecule has 1 aromatic heterocycles. The van der Waals surface area contributed by atoms with Crippen LogP contribution < -0.4 is 5.73 Å². The van der Waals surface area contributed by atoms with Crippen molar-refractivity contribution >= 4 is 46.0 Å². The maximum atomic E-state index is 13.4. The van der Waals surface area contributed by atoms with E-state index in [2.05, 4.69) is 9.98 Å². The van der Waals surface area contributed by atoms with Crippen LogP contribution >= 0.6 is 35.0 Å². The molecule has 0 atom stereocenters. The number of rotatable bonds is 1. The van der Waals surface area contributed by atoms with Crippen molar-refractivity contribution in [2.75, 3.05) is 6.26 Å². The van der Waals surface area contributed by atoms with E-state index < -0.39 is 16.9 Å². The summed E-state index contributed by atoms with van der Waals surface area (Å²) in [6.45, 7) is 0. The second-order valence-electron chi connectivity index (χ2n) is 2.56. The van der Waals surface area contributed by atoms with Gasteiger partial charge in [-0.1, -0.05) is 35.0 Å². The van der Waals surface area contributed by atoms with Crippen LogP contribution in [0.1, 0.15) is 10.4 Å². The summed E-state index contributed by atoms with van der Waals surface area (Å²) in [5, 5.41) is -0.546. The van der Waals surface area contributed by atoms with E-state index in [1.54, 1.807) is 6.26 Å². The Balaban J connectivity index is 3.19. The number of carbonyl (C=O) groups excluding carboxylic acids is 1. The third-order valence-electron chi connectivity index (χ3n) is 1.54. The molecule has 0 bridgehead atoms. The SMILES string of the molecule is CSC(N)=NC(=O)c1cc(Cl)nc(Cl)c1F. The highest BCUT2D eigenvalue weighted by atomic mass is 35.5. The van der Waals surface area contributed by atoms with Crippen LogP contribution in [0.2, 0.25) is 10.3 Å². The van der Waals surface area contributed by atoms with Gasteiger partial charge in [-0.15, -0.1) is 0 Å². The number of amides is 1. The van der Waals surface area contributed by atoms with Crippen LogP contribution in [0.15, 0.2) is 11.1 Å². The Bertz CT molecular complexity index is 467. The minimum atomic E-state index is -0.964. The molecule has 8 heteroatoms. The second-order valence-corrected chi connectivity index (χ2v) is 4.13. The number of hydrogen-bond acceptors (Lipinski definition) is 3. The zero-order valence-electron chi connectivity index (χ0n) is 8.00. The van der Waals surface area contributed by atoms with Crippen molar-refractivity contribution in [3.63, 3.8) is 0 Å². The number of nitrogens with two attached hydrogens (primary N) is 1. The summed E-state index contributed by atoms with van der Waals surface area (Å²) in [5.41, 5.74) is 4.97. The molecule has 0 unspecified atom stereocenters. The number of pyridine rings is 1. The number of halogens is 3. The summed E-state index contributed by atoms with van der Waals surface area (Å²) in [7, 11) is 0. The highest BCUT2D eigenvalue weighted by Gasteiger charge is 2.16. The first-order valence-corrected chi connectivity index (χ1v) is 5.87. The average molecular weight is 282 g/mol. The van der Waals surface area contributed by atoms with Gasteiger partial charge in [0.15, 0.2) is 16.1 Å². The number of aliphatic imine (C=N–C) groups is 1. The summed E-state index contributed by atoms with van der Waals surface area (Å²) in [4.78, 5) is 18.3. The quantitative estimate of drug-likeness (QED) is 0.487. The first kappa shape index (κ1) is 13.2. The van der Waals surface area contributed by atoms with Crippen LogP contribution in [-0.4, -0.2) is 22.3 Å². The van der Waals surface area contributed by atoms with Gasteiger partial charge in [-0.3, -0.25) is 4.79 Å². The summed E-state index contributed by atoms with van der Waals surface area (Å²) < 4.78 is 13.4. The van der Waals surface area contributed by atoms with Crippen LogP contribution in [-0.2, 0) is 0 Å². The van der Waals surface area contributed by atoms with Crippen LogP contribution in [0.4, 0.5) is 4.39 Å². The normalized spacial score (nSPS) is 11.6. The summed E-state index contributed by atoms with van der Waals surface area (Å²) in [6, 6.07) is 1.04. The number of hydrogen-bond donors (Lipinski definition) is 1. The molecule has 0 fully saturated rings. The number of nitrogens with zero attached hydrogens (tertiary/aromatic N) is 2. The standard InChI is InChI=1S/C8H6Cl2FN3OS/c1-16-8(12)14-7(15)3-2-4(9)13-6(10)5(3)11/h2H,1H3,(H2,12,14,15). The van der Waals surface area contributed by atoms with E-state index >= 15 is 0 Å². The van der Waals surface area contributed by atoms with Gasteiger partial charge in [-0.05, 0) is 12.3 Å². The maximum absolute atomic E-state index is 13.4. The minimum absolute atomic E-state index is 0.0217. The Labute approximate surface area is 105 Å². The summed E-state index contributed by atoms with van der Waals surface area (Å²) in [5.74, 6) is -1.82. The van der Waals surface area contributed by atoms with Crippen molar-refractivity contribution in [1.82, 2.24) is 4.98 Å². The van der Waals surface area contributed by atoms with Crippen LogP contribution in [0.5, 0.6) is 0 Å². The Kier molecular flexibility index (Phi) is 4.52. The zero-order chi connectivity index (χ0) is 12.3. The molecule has 0 saturated heterocycles. The number of carbonyl (C=O) groups is 1. The number of aromatic nitrogens is 1. The highest BCUT2D eigenvalue weighted by Crippen LogP contribution is 2.20. The van der Waals surface area contributed by atoms with E-state index in [1.807, 2.05) is 0 Å². The summed E-state index contributed by atoms with van der Waals surface area (Å²) in [6.07, 6.45) is 1.63. The van der Waals surface area contributed by atoms with E-state index in [0.717, 1.165) is 17.8 Å². The topological polar surface area (TPSA) is 68.3 Å². The molecule has 1 amide bonds. The molecule has 1 rings (SSSR count). The first-order chi connectivity index (χ1) is 7.45. The molecule has 0 spiro atoms. The van der Waals surface area contributed by atoms with E-state index in [1.165, 1.54) is 0 Å². The monoisotopic (exact) mass is 281 g/mol. The number of thioether (sulfide) groups is 1. The van der Waals surface area contributed by atoms with Gasteiger partial charge in [0.05, 0.1) is 5.56 Å². The predicted octanol–water partition coefficient (Wildman–Crippen LogP) is 2.35. The first-order valence-electron chi connectivity index (χ1n) is 3.89. The molecule has 0 radical (unpaired) electrons. The van der Waals surface area contributed by atoms with E-state index in [4.69, 9.17) is 28.9 Å². The molecule has 1 heterocycles. The van der Waals surface area contributed by atoms with Gasteiger partial charge in [0.1, 0.15) is 5.15 Å². The van der Waals surface area contributed by atoms with Crippen molar-refractivity contribution in [2.45, 2.75) is 0 Å². The van der Waals surface area contributed by atoms with Gasteiger partial charge >= 0.3 is 0 Å². The third-order valence-corrected chi connectivity index (χ3v) is 2.49. The molecule has 86 valence electrons. The Morgan fingerprint density at radius 2 is 2.25 bits per heavy atom. The highest BCUT2D eigenvalue weighted by molar-refractivity contribution is 8.13. The molecule has 0 aliphatic carbocycles. The van der Waals surface area contributed by atoms with E-state index in [-0.39, 0.29) is 15.9 Å². The van der Waals surface area contributed by atoms with Crippen LogP contribution in [0, 0.1) is 5.82 Å². The zero-order valence-corrected chi connectivity index (χ0v) is 10.3. The lowest BCUT2D eigenvalue weighted by molar-refractivity contribution is 0.0999. The van der Waals surface area contributed by atoms with Gasteiger partial charge in [-0.25, -0.2) is 9.37 Å². The van der Waals surface area contributed by atoms with Crippen molar-refractivity contribution in [1.29, 1.82) is 0 Å². The van der Waals surface area contributed by atoms with Gasteiger partial charge < -0.3 is 5.73 Å². The lowest BCUT2D eigenvalue weighted by Crippen LogP contribution is -2.11. The smallest absolute Gasteiger partial charge is 0.282 e. The molecule has 2 N–H and O–H groups in total. The van der Waals surface area contributed by atoms with Gasteiger partial charge in [-0.2, -0.15) is 4.99 Å². The Hall–Kier alpha value is -0.850. The fraction of sp³-hybridized carbons (Fsp3) is 0.125. The van der Waals surface area contributed by atoms with Crippen LogP contribution in [0.25, 0.3) is 0 Å². The number of amidine groups is 1. The van der Waals surface area contributed by atoms with Crippen molar-refractivity contribution in [3.05, 3.63) is 27.8 Å². The lowest BCUT2D eigenvalue weighted by Gasteiger charge is -2.01. The summed E-state index contributed by atoms with van der Waals surface area (Å²) >= 11 is 12.0. The largest absolute Gasteiger partial charge is 0.378 e. The lowest BCUT2D eigenvalue weighted by atomic mass is 10.2. The molecule has 4 nitrogen and oxygen atoms in total. The van der Waals surface area contributed by atoms with Crippen LogP contribution in [0.3, 0.4) is 0 Å². The molecular formula is C8H6Cl2FN3OS. The fourth-order valence-electron chi connectivity index (χ4n) is 0.830. The Morgan fingerprint density at radius 3 is 2.81 bits per heavy atom. The Morgan fingerprint density at radius 1 is 1.62 bits per heavy atom. The minimum Gasteiger partial charge on any atom is -0.378 e. The molecular weight excluding hydrogens is 276 g/mol. The maximum Gasteiger partial charge on any atom is 0.282 e. The molecule has 0 aliphatic heterocycles. The van der Waals surface area contributed by atoms with Gasteiger partial charge in [0.25, 0.3) is 5.91 Å². The van der Waals surface area contributed by atoms with Gasteiger partial charge in [0.2, 0.25) is 0 Å². The molecule has 0 aromatic carbocycles. The predicted molar refractivity (Wildman–Crippen MR) is 63.7 cm³/mol. The van der Waals surface area contributed by atoms with Gasteiger partial charge in [0, 0.05) is 0 Å². The molecule has 1 aromatic rings. The van der Waals surface area contributed by atoms with E-state index in [9.17, 15) is 9.18 Å². The molecule has 0 saturated carbocycles. The fourth-order valence-corrected chi connectivity index (χ4v) is 1.43. The van der Waals surface area contributed by atoms with E-state index in [0.29, 0.717) is 0 Å². The van der Waals surface area contributed by atoms with Crippen molar-refractivity contribution in [3.8, 4) is 0 Å². The second kappa shape index (κ2) is 5.47. The average Bonchev–Trinajstić information content (AvgIpc) is 2.22. The molecule has 16 heavy (non-hydrogen) atoms. The molecule has 0 aliphatic rings. The van der Waals surface area contributed by atoms with Crippen molar-refractivity contribution in [2.24, 2.45) is 10.7 Å². The van der Waals surface area contributed by atoms with Crippen molar-refractivity contribution < 1.29 is 9.18 Å².